The molecular formula is C22H24FNO3S. The molecule has 1 heterocycles. The van der Waals surface area contributed by atoms with Gasteiger partial charge in [-0.25, -0.2) is 0 Å². The van der Waals surface area contributed by atoms with Crippen LogP contribution in [0.5, 0.6) is 17.2 Å². The summed E-state index contributed by atoms with van der Waals surface area (Å²) in [5, 5.41) is 17.5. The molecular weight excluding hydrogens is 377 g/mol. The Hall–Kier alpha value is -2.57. The van der Waals surface area contributed by atoms with E-state index in [1.165, 1.54) is 13.8 Å². The molecule has 28 heavy (non-hydrogen) atoms. The Kier molecular flexibility index (Phi) is 6.54. The van der Waals surface area contributed by atoms with Crippen LogP contribution in [0.2, 0.25) is 0 Å². The molecule has 2 N–H and O–H groups in total. The zero-order chi connectivity index (χ0) is 20.0. The molecule has 3 rings (SSSR count). The van der Waals surface area contributed by atoms with Gasteiger partial charge in [-0.1, -0.05) is 12.1 Å². The third kappa shape index (κ3) is 5.97. The van der Waals surface area contributed by atoms with Crippen molar-refractivity contribution in [3.05, 3.63) is 64.9 Å². The lowest BCUT2D eigenvalue weighted by Gasteiger charge is -2.17. The molecule has 6 heteroatoms. The number of hydrogen-bond acceptors (Lipinski definition) is 5. The maximum Gasteiger partial charge on any atom is 0.242 e. The lowest BCUT2D eigenvalue weighted by molar-refractivity contribution is -0.0258. The van der Waals surface area contributed by atoms with Crippen LogP contribution in [0.3, 0.4) is 0 Å². The minimum absolute atomic E-state index is 0.270. The SMILES string of the molecule is CC(C)(F)Oc1cccc(OCCNCc2cc(-c3ccsc3)ccc2O)c1. The van der Waals surface area contributed by atoms with Gasteiger partial charge < -0.3 is 19.9 Å². The summed E-state index contributed by atoms with van der Waals surface area (Å²) >= 11 is 1.65. The number of benzene rings is 2. The van der Waals surface area contributed by atoms with Crippen LogP contribution >= 0.6 is 11.3 Å². The number of aromatic hydroxyl groups is 1. The molecule has 0 aliphatic carbocycles. The monoisotopic (exact) mass is 401 g/mol. The van der Waals surface area contributed by atoms with Gasteiger partial charge in [0.05, 0.1) is 0 Å². The number of nitrogens with one attached hydrogen (secondary N) is 1. The van der Waals surface area contributed by atoms with Gasteiger partial charge in [-0.05, 0) is 52.2 Å². The maximum absolute atomic E-state index is 13.6. The molecule has 3 aromatic rings. The number of phenolic OH excluding ortho intramolecular Hbond substituents is 1. The number of ether oxygens (including phenoxy) is 2. The summed E-state index contributed by atoms with van der Waals surface area (Å²) in [7, 11) is 0. The zero-order valence-electron chi connectivity index (χ0n) is 15.9. The summed E-state index contributed by atoms with van der Waals surface area (Å²) in [5.41, 5.74) is 3.07. The van der Waals surface area contributed by atoms with E-state index in [4.69, 9.17) is 9.47 Å². The molecule has 2 aromatic carbocycles. The maximum atomic E-state index is 13.6. The predicted octanol–water partition coefficient (Wildman–Crippen LogP) is 5.37. The molecule has 1 aromatic heterocycles. The third-order valence-electron chi connectivity index (χ3n) is 3.96. The van der Waals surface area contributed by atoms with Gasteiger partial charge in [-0.2, -0.15) is 15.7 Å². The molecule has 0 aliphatic rings. The van der Waals surface area contributed by atoms with Crippen LogP contribution in [0.4, 0.5) is 4.39 Å². The van der Waals surface area contributed by atoms with Crippen molar-refractivity contribution >= 4 is 11.3 Å². The molecule has 0 aliphatic heterocycles. The first-order valence-electron chi connectivity index (χ1n) is 9.07. The van der Waals surface area contributed by atoms with Gasteiger partial charge in [0, 0.05) is 38.6 Å². The minimum Gasteiger partial charge on any atom is -0.508 e. The van der Waals surface area contributed by atoms with Gasteiger partial charge in [0.15, 0.2) is 0 Å². The van der Waals surface area contributed by atoms with Crippen molar-refractivity contribution in [2.24, 2.45) is 0 Å². The zero-order valence-corrected chi connectivity index (χ0v) is 16.8. The first kappa shape index (κ1) is 20.2. The Morgan fingerprint density at radius 1 is 1.07 bits per heavy atom. The van der Waals surface area contributed by atoms with Crippen molar-refractivity contribution in [2.45, 2.75) is 26.2 Å². The van der Waals surface area contributed by atoms with Crippen LogP contribution in [-0.2, 0) is 6.54 Å². The van der Waals surface area contributed by atoms with E-state index in [1.807, 2.05) is 17.5 Å². The van der Waals surface area contributed by atoms with E-state index >= 15 is 0 Å². The standard InChI is InChI=1S/C22H24FNO3S/c1-22(2,23)27-20-5-3-4-19(13-20)26-10-9-24-14-18-12-16(6-7-21(18)25)17-8-11-28-15-17/h3-8,11-13,15,24-25H,9-10,14H2,1-2H3. The number of rotatable bonds is 9. The number of alkyl halides is 1. The topological polar surface area (TPSA) is 50.7 Å². The molecule has 0 spiro atoms. The van der Waals surface area contributed by atoms with Crippen LogP contribution in [0, 0.1) is 0 Å². The fourth-order valence-electron chi connectivity index (χ4n) is 2.71. The highest BCUT2D eigenvalue weighted by molar-refractivity contribution is 7.08. The van der Waals surface area contributed by atoms with E-state index in [9.17, 15) is 9.50 Å². The van der Waals surface area contributed by atoms with E-state index in [2.05, 4.69) is 16.8 Å². The predicted molar refractivity (Wildman–Crippen MR) is 111 cm³/mol. The van der Waals surface area contributed by atoms with Gasteiger partial charge in [0.1, 0.15) is 23.9 Å². The lowest BCUT2D eigenvalue weighted by atomic mass is 10.1. The Morgan fingerprint density at radius 2 is 1.89 bits per heavy atom. The van der Waals surface area contributed by atoms with Gasteiger partial charge >= 0.3 is 0 Å². The van der Waals surface area contributed by atoms with E-state index in [0.29, 0.717) is 31.2 Å². The summed E-state index contributed by atoms with van der Waals surface area (Å²) in [5.74, 6) is -0.426. The Labute approximate surface area is 168 Å². The molecule has 0 fully saturated rings. The molecule has 0 saturated carbocycles. The first-order chi connectivity index (χ1) is 13.4. The second-order valence-electron chi connectivity index (χ2n) is 6.82. The quantitative estimate of drug-likeness (QED) is 0.473. The van der Waals surface area contributed by atoms with Crippen molar-refractivity contribution in [1.29, 1.82) is 0 Å². The molecule has 0 amide bonds. The van der Waals surface area contributed by atoms with E-state index in [1.54, 1.807) is 41.7 Å². The summed E-state index contributed by atoms with van der Waals surface area (Å²) in [6, 6.07) is 14.6. The number of phenols is 1. The molecule has 0 atom stereocenters. The number of hydrogen-bond donors (Lipinski definition) is 2. The van der Waals surface area contributed by atoms with Crippen LogP contribution < -0.4 is 14.8 Å². The smallest absolute Gasteiger partial charge is 0.242 e. The second-order valence-corrected chi connectivity index (χ2v) is 7.60. The van der Waals surface area contributed by atoms with Gasteiger partial charge in [0.25, 0.3) is 0 Å². The normalized spacial score (nSPS) is 11.4. The Balaban J connectivity index is 1.48. The largest absolute Gasteiger partial charge is 0.508 e. The molecule has 0 bridgehead atoms. The molecule has 0 unspecified atom stereocenters. The van der Waals surface area contributed by atoms with E-state index in [-0.39, 0.29) is 5.75 Å². The van der Waals surface area contributed by atoms with Crippen LogP contribution in [-0.4, -0.2) is 24.1 Å². The van der Waals surface area contributed by atoms with Crippen LogP contribution in [0.15, 0.2) is 59.3 Å². The van der Waals surface area contributed by atoms with Gasteiger partial charge in [0.2, 0.25) is 5.85 Å². The van der Waals surface area contributed by atoms with Crippen molar-refractivity contribution in [1.82, 2.24) is 5.32 Å². The number of thiophene rings is 1. The highest BCUT2D eigenvalue weighted by Crippen LogP contribution is 2.27. The van der Waals surface area contributed by atoms with E-state index < -0.39 is 5.85 Å². The van der Waals surface area contributed by atoms with Crippen molar-refractivity contribution < 1.29 is 19.0 Å². The van der Waals surface area contributed by atoms with Gasteiger partial charge in [-0.3, -0.25) is 0 Å². The lowest BCUT2D eigenvalue weighted by Crippen LogP contribution is -2.21. The molecule has 0 radical (unpaired) electrons. The summed E-state index contributed by atoms with van der Waals surface area (Å²) in [6.07, 6.45) is 0. The van der Waals surface area contributed by atoms with Gasteiger partial charge in [-0.15, -0.1) is 0 Å². The average molecular weight is 402 g/mol. The second kappa shape index (κ2) is 9.08. The van der Waals surface area contributed by atoms with Crippen molar-refractivity contribution in [3.8, 4) is 28.4 Å². The van der Waals surface area contributed by atoms with Crippen LogP contribution in [0.25, 0.3) is 11.1 Å². The summed E-state index contributed by atoms with van der Waals surface area (Å²) < 4.78 is 24.5. The van der Waals surface area contributed by atoms with E-state index in [0.717, 1.165) is 16.7 Å². The average Bonchev–Trinajstić information content (AvgIpc) is 3.16. The molecule has 0 saturated heterocycles. The number of halogens is 1. The minimum atomic E-state index is -1.74. The van der Waals surface area contributed by atoms with Crippen molar-refractivity contribution in [2.75, 3.05) is 13.2 Å². The fraction of sp³-hybridized carbons (Fsp3) is 0.273. The third-order valence-corrected chi connectivity index (χ3v) is 4.65. The highest BCUT2D eigenvalue weighted by atomic mass is 32.1. The summed E-state index contributed by atoms with van der Waals surface area (Å²) in [6.45, 7) is 4.28. The highest BCUT2D eigenvalue weighted by Gasteiger charge is 2.17. The Morgan fingerprint density at radius 3 is 2.64 bits per heavy atom. The molecule has 148 valence electrons. The van der Waals surface area contributed by atoms with Crippen molar-refractivity contribution in [3.63, 3.8) is 0 Å². The fourth-order valence-corrected chi connectivity index (χ4v) is 3.37. The van der Waals surface area contributed by atoms with Crippen LogP contribution in [0.1, 0.15) is 19.4 Å². The Bertz CT molecular complexity index is 891. The summed E-state index contributed by atoms with van der Waals surface area (Å²) in [4.78, 5) is 0. The molecule has 4 nitrogen and oxygen atoms in total. The first-order valence-corrected chi connectivity index (χ1v) is 10.0.